The van der Waals surface area contributed by atoms with Gasteiger partial charge in [-0.05, 0) is 46.3 Å². The average molecular weight is 373 g/mol. The van der Waals surface area contributed by atoms with E-state index in [2.05, 4.69) is 37.2 Å². The summed E-state index contributed by atoms with van der Waals surface area (Å²) in [6.07, 6.45) is 0. The molecule has 18 heavy (non-hydrogen) atoms. The Balaban J connectivity index is 2.27. The molecule has 2 aromatic rings. The van der Waals surface area contributed by atoms with E-state index < -0.39 is 5.82 Å². The molecule has 0 radical (unpaired) electrons. The van der Waals surface area contributed by atoms with Crippen molar-refractivity contribution in [1.82, 2.24) is 0 Å². The van der Waals surface area contributed by atoms with Gasteiger partial charge in [-0.2, -0.15) is 0 Å². The summed E-state index contributed by atoms with van der Waals surface area (Å²) in [7, 11) is 0. The molecule has 0 aliphatic rings. The van der Waals surface area contributed by atoms with Crippen LogP contribution in [0.1, 0.15) is 10.4 Å². The van der Waals surface area contributed by atoms with Gasteiger partial charge in [0, 0.05) is 8.95 Å². The predicted octanol–water partition coefficient (Wildman–Crippen LogP) is 4.60. The minimum Gasteiger partial charge on any atom is -0.319 e. The third kappa shape index (κ3) is 2.97. The van der Waals surface area contributed by atoms with E-state index in [-0.39, 0.29) is 11.6 Å². The first-order chi connectivity index (χ1) is 8.58. The lowest BCUT2D eigenvalue weighted by Gasteiger charge is -2.08. The topological polar surface area (TPSA) is 29.1 Å². The lowest BCUT2D eigenvalue weighted by Crippen LogP contribution is -2.13. The Morgan fingerprint density at radius 2 is 1.83 bits per heavy atom. The van der Waals surface area contributed by atoms with Gasteiger partial charge in [0.05, 0.1) is 11.3 Å². The largest absolute Gasteiger partial charge is 0.319 e. The fourth-order valence-corrected chi connectivity index (χ4v) is 2.25. The van der Waals surface area contributed by atoms with Crippen molar-refractivity contribution in [2.24, 2.45) is 0 Å². The number of amides is 1. The number of halogens is 3. The number of nitrogens with one attached hydrogen (secondary N) is 1. The van der Waals surface area contributed by atoms with Gasteiger partial charge in [-0.3, -0.25) is 4.79 Å². The number of benzene rings is 2. The zero-order valence-corrected chi connectivity index (χ0v) is 12.3. The summed E-state index contributed by atoms with van der Waals surface area (Å²) in [5.41, 5.74) is 0.599. The van der Waals surface area contributed by atoms with Gasteiger partial charge in [0.25, 0.3) is 5.91 Å². The summed E-state index contributed by atoms with van der Waals surface area (Å²) < 4.78 is 14.9. The highest BCUT2D eigenvalue weighted by atomic mass is 79.9. The molecule has 0 aromatic heterocycles. The smallest absolute Gasteiger partial charge is 0.256 e. The summed E-state index contributed by atoms with van der Waals surface area (Å²) in [6.45, 7) is 0. The first-order valence-corrected chi connectivity index (χ1v) is 6.67. The summed E-state index contributed by atoms with van der Waals surface area (Å²) >= 11 is 6.51. The van der Waals surface area contributed by atoms with Gasteiger partial charge in [-0.1, -0.05) is 28.1 Å². The molecule has 1 N–H and O–H groups in total. The maximum absolute atomic E-state index is 13.5. The second-order valence-corrected chi connectivity index (χ2v) is 5.33. The third-order valence-corrected chi connectivity index (χ3v) is 3.48. The second kappa shape index (κ2) is 5.63. The summed E-state index contributed by atoms with van der Waals surface area (Å²) in [6, 6.07) is 11.4. The molecule has 2 aromatic carbocycles. The molecule has 0 spiro atoms. The third-order valence-electron chi connectivity index (χ3n) is 2.30. The lowest BCUT2D eigenvalue weighted by atomic mass is 10.2. The minimum absolute atomic E-state index is 0.144. The fourth-order valence-electron chi connectivity index (χ4n) is 1.43. The minimum atomic E-state index is -0.474. The highest BCUT2D eigenvalue weighted by molar-refractivity contribution is 9.10. The van der Waals surface area contributed by atoms with E-state index in [0.29, 0.717) is 14.5 Å². The van der Waals surface area contributed by atoms with Gasteiger partial charge in [0.2, 0.25) is 0 Å². The van der Waals surface area contributed by atoms with Crippen LogP contribution in [-0.2, 0) is 0 Å². The van der Waals surface area contributed by atoms with Gasteiger partial charge < -0.3 is 5.32 Å². The molecule has 0 atom stereocenters. The molecule has 2 rings (SSSR count). The average Bonchev–Trinajstić information content (AvgIpc) is 2.34. The molecular weight excluding hydrogens is 365 g/mol. The molecule has 2 nitrogen and oxygen atoms in total. The van der Waals surface area contributed by atoms with Crippen molar-refractivity contribution in [3.63, 3.8) is 0 Å². The Kier molecular flexibility index (Phi) is 4.14. The Bertz CT molecular complexity index is 601. The molecular formula is C13H8Br2FNO. The molecule has 0 fully saturated rings. The number of carbonyl (C=O) groups excluding carboxylic acids is 1. The summed E-state index contributed by atoms with van der Waals surface area (Å²) in [4.78, 5) is 12.0. The maximum Gasteiger partial charge on any atom is 0.256 e. The van der Waals surface area contributed by atoms with Crippen LogP contribution in [0.4, 0.5) is 10.1 Å². The second-order valence-electron chi connectivity index (χ2n) is 3.56. The highest BCUT2D eigenvalue weighted by Gasteiger charge is 2.11. The molecule has 0 bridgehead atoms. The number of carbonyl (C=O) groups is 1. The zero-order valence-electron chi connectivity index (χ0n) is 9.08. The van der Waals surface area contributed by atoms with Crippen LogP contribution in [0.15, 0.2) is 51.4 Å². The standard InChI is InChI=1S/C13H8Br2FNO/c14-8-5-6-11(16)12(7-8)17-13(18)9-3-1-2-4-10(9)15/h1-7H,(H,17,18). The summed E-state index contributed by atoms with van der Waals surface area (Å²) in [5.74, 6) is -0.835. The van der Waals surface area contributed by atoms with Gasteiger partial charge in [0.15, 0.2) is 0 Å². The number of hydrogen-bond donors (Lipinski definition) is 1. The van der Waals surface area contributed by atoms with Gasteiger partial charge in [-0.25, -0.2) is 4.39 Å². The van der Waals surface area contributed by atoms with Crippen molar-refractivity contribution < 1.29 is 9.18 Å². The van der Waals surface area contributed by atoms with Gasteiger partial charge in [0.1, 0.15) is 5.82 Å². The molecule has 0 aliphatic heterocycles. The van der Waals surface area contributed by atoms with Crippen LogP contribution in [0, 0.1) is 5.82 Å². The van der Waals surface area contributed by atoms with Crippen molar-refractivity contribution in [1.29, 1.82) is 0 Å². The molecule has 92 valence electrons. The van der Waals surface area contributed by atoms with Crippen LogP contribution in [0.5, 0.6) is 0 Å². The Morgan fingerprint density at radius 1 is 1.11 bits per heavy atom. The van der Waals surface area contributed by atoms with Gasteiger partial charge >= 0.3 is 0 Å². The van der Waals surface area contributed by atoms with E-state index in [4.69, 9.17) is 0 Å². The van der Waals surface area contributed by atoms with Crippen molar-refractivity contribution in [2.75, 3.05) is 5.32 Å². The Hall–Kier alpha value is -1.20. The molecule has 0 aliphatic carbocycles. The van der Waals surface area contributed by atoms with Crippen LogP contribution in [0.25, 0.3) is 0 Å². The van der Waals surface area contributed by atoms with E-state index in [1.807, 2.05) is 0 Å². The van der Waals surface area contributed by atoms with E-state index >= 15 is 0 Å². The SMILES string of the molecule is O=C(Nc1cc(Br)ccc1F)c1ccccc1Br. The van der Waals surface area contributed by atoms with Crippen molar-refractivity contribution in [2.45, 2.75) is 0 Å². The van der Waals surface area contributed by atoms with Crippen LogP contribution < -0.4 is 5.32 Å². The fraction of sp³-hybridized carbons (Fsp3) is 0. The number of anilines is 1. The number of rotatable bonds is 2. The molecule has 0 unspecified atom stereocenters. The van der Waals surface area contributed by atoms with Gasteiger partial charge in [-0.15, -0.1) is 0 Å². The molecule has 0 saturated carbocycles. The lowest BCUT2D eigenvalue weighted by molar-refractivity contribution is 0.102. The monoisotopic (exact) mass is 371 g/mol. The summed E-state index contributed by atoms with van der Waals surface area (Å²) in [5, 5.41) is 2.53. The normalized spacial score (nSPS) is 10.2. The zero-order chi connectivity index (χ0) is 13.1. The van der Waals surface area contributed by atoms with Crippen LogP contribution in [0.2, 0.25) is 0 Å². The Labute approximate surface area is 120 Å². The van der Waals surface area contributed by atoms with Crippen molar-refractivity contribution >= 4 is 43.5 Å². The predicted molar refractivity (Wildman–Crippen MR) is 76.2 cm³/mol. The van der Waals surface area contributed by atoms with Crippen LogP contribution >= 0.6 is 31.9 Å². The quantitative estimate of drug-likeness (QED) is 0.819. The maximum atomic E-state index is 13.5. The van der Waals surface area contributed by atoms with E-state index in [0.717, 1.165) is 0 Å². The molecule has 0 heterocycles. The van der Waals surface area contributed by atoms with E-state index in [1.165, 1.54) is 12.1 Å². The Morgan fingerprint density at radius 3 is 2.56 bits per heavy atom. The van der Waals surface area contributed by atoms with E-state index in [9.17, 15) is 9.18 Å². The number of hydrogen-bond acceptors (Lipinski definition) is 1. The molecule has 0 saturated heterocycles. The molecule has 1 amide bonds. The van der Waals surface area contributed by atoms with E-state index in [1.54, 1.807) is 30.3 Å². The van der Waals surface area contributed by atoms with Crippen LogP contribution in [-0.4, -0.2) is 5.91 Å². The first kappa shape index (κ1) is 13.2. The van der Waals surface area contributed by atoms with Crippen molar-refractivity contribution in [3.05, 3.63) is 62.8 Å². The van der Waals surface area contributed by atoms with Crippen LogP contribution in [0.3, 0.4) is 0 Å². The first-order valence-electron chi connectivity index (χ1n) is 5.09. The van der Waals surface area contributed by atoms with Crippen molar-refractivity contribution in [3.8, 4) is 0 Å². The highest BCUT2D eigenvalue weighted by Crippen LogP contribution is 2.22. The molecule has 5 heteroatoms.